The van der Waals surface area contributed by atoms with E-state index in [9.17, 15) is 4.79 Å². The molecule has 1 amide bonds. The number of benzene rings is 1. The number of carbonyl (C=O) groups excluding carboxylic acids is 1. The Hall–Kier alpha value is -2.31. The molecule has 2 aromatic rings. The third-order valence-electron chi connectivity index (χ3n) is 3.77. The molecule has 0 spiro atoms. The molecule has 1 aromatic carbocycles. The average molecular weight is 364 g/mol. The quantitative estimate of drug-likeness (QED) is 0.852. The molecule has 7 heteroatoms. The standard InChI is InChI=1S/C18H21N3O3.ClH/c1-2-4-13(19)18(22)21-17-6-3-5-14(20-17)12-7-8-15-16(11-12)24-10-9-23-15;/h3,5-8,11,13H,2,4,9-10,19H2,1H3,(H,20,21,22);1H. The van der Waals surface area contributed by atoms with E-state index in [0.29, 0.717) is 31.2 Å². The summed E-state index contributed by atoms with van der Waals surface area (Å²) in [5.41, 5.74) is 7.47. The highest BCUT2D eigenvalue weighted by Crippen LogP contribution is 2.34. The number of rotatable bonds is 5. The smallest absolute Gasteiger partial charge is 0.242 e. The molecule has 0 aliphatic carbocycles. The molecule has 1 unspecified atom stereocenters. The van der Waals surface area contributed by atoms with E-state index in [0.717, 1.165) is 23.4 Å². The molecule has 25 heavy (non-hydrogen) atoms. The Kier molecular flexibility index (Phi) is 6.61. The number of hydrogen-bond donors (Lipinski definition) is 2. The van der Waals surface area contributed by atoms with Crippen LogP contribution in [0.2, 0.25) is 0 Å². The number of hydrogen-bond acceptors (Lipinski definition) is 5. The molecule has 1 aliphatic heterocycles. The molecule has 134 valence electrons. The number of nitrogens with zero attached hydrogens (tertiary/aromatic N) is 1. The molecule has 3 rings (SSSR count). The summed E-state index contributed by atoms with van der Waals surface area (Å²) in [5.74, 6) is 1.71. The Balaban J connectivity index is 0.00000225. The maximum absolute atomic E-state index is 12.0. The van der Waals surface area contributed by atoms with Crippen LogP contribution in [0.5, 0.6) is 11.5 Å². The summed E-state index contributed by atoms with van der Waals surface area (Å²) in [4.78, 5) is 16.5. The van der Waals surface area contributed by atoms with Crippen LogP contribution in [0.4, 0.5) is 5.82 Å². The normalized spacial score (nSPS) is 13.5. The van der Waals surface area contributed by atoms with Crippen molar-refractivity contribution in [2.45, 2.75) is 25.8 Å². The van der Waals surface area contributed by atoms with Crippen molar-refractivity contribution in [2.75, 3.05) is 18.5 Å². The fraction of sp³-hybridized carbons (Fsp3) is 0.333. The van der Waals surface area contributed by atoms with Gasteiger partial charge in [0.05, 0.1) is 11.7 Å². The summed E-state index contributed by atoms with van der Waals surface area (Å²) in [5, 5.41) is 2.77. The zero-order valence-corrected chi connectivity index (χ0v) is 14.8. The van der Waals surface area contributed by atoms with Gasteiger partial charge in [-0.3, -0.25) is 4.79 Å². The Labute approximate surface area is 153 Å². The Bertz CT molecular complexity index is 739. The summed E-state index contributed by atoms with van der Waals surface area (Å²) >= 11 is 0. The Morgan fingerprint density at radius 2 is 2.00 bits per heavy atom. The zero-order valence-electron chi connectivity index (χ0n) is 14.0. The minimum absolute atomic E-state index is 0. The van der Waals surface area contributed by atoms with Gasteiger partial charge in [0.25, 0.3) is 0 Å². The van der Waals surface area contributed by atoms with Gasteiger partial charge in [-0.05, 0) is 36.8 Å². The molecule has 1 aliphatic rings. The number of ether oxygens (including phenoxy) is 2. The SMILES string of the molecule is CCCC(N)C(=O)Nc1cccc(-c2ccc3c(c2)OCCO3)n1.Cl. The van der Waals surface area contributed by atoms with Crippen molar-refractivity contribution in [1.29, 1.82) is 0 Å². The first-order valence-electron chi connectivity index (χ1n) is 8.11. The lowest BCUT2D eigenvalue weighted by Crippen LogP contribution is -2.35. The summed E-state index contributed by atoms with van der Waals surface area (Å²) in [6.07, 6.45) is 1.51. The summed E-state index contributed by atoms with van der Waals surface area (Å²) in [7, 11) is 0. The number of fused-ring (bicyclic) bond motifs is 1. The Morgan fingerprint density at radius 3 is 2.76 bits per heavy atom. The number of halogens is 1. The van der Waals surface area contributed by atoms with Crippen molar-refractivity contribution in [3.05, 3.63) is 36.4 Å². The minimum atomic E-state index is -0.519. The minimum Gasteiger partial charge on any atom is -0.486 e. The van der Waals surface area contributed by atoms with Crippen LogP contribution in [0, 0.1) is 0 Å². The van der Waals surface area contributed by atoms with Crippen LogP contribution in [-0.4, -0.2) is 30.1 Å². The second kappa shape index (κ2) is 8.69. The van der Waals surface area contributed by atoms with E-state index in [1.807, 2.05) is 37.3 Å². The maximum Gasteiger partial charge on any atom is 0.242 e. The summed E-state index contributed by atoms with van der Waals surface area (Å²) in [6, 6.07) is 10.6. The first-order valence-corrected chi connectivity index (χ1v) is 8.11. The van der Waals surface area contributed by atoms with Crippen LogP contribution < -0.4 is 20.5 Å². The van der Waals surface area contributed by atoms with Gasteiger partial charge in [-0.25, -0.2) is 4.98 Å². The predicted molar refractivity (Wildman–Crippen MR) is 99.4 cm³/mol. The molecule has 3 N–H and O–H groups in total. The van der Waals surface area contributed by atoms with Gasteiger partial charge in [-0.15, -0.1) is 12.4 Å². The lowest BCUT2D eigenvalue weighted by Gasteiger charge is -2.18. The van der Waals surface area contributed by atoms with Crippen molar-refractivity contribution in [2.24, 2.45) is 5.73 Å². The molecule has 0 bridgehead atoms. The highest BCUT2D eigenvalue weighted by atomic mass is 35.5. The maximum atomic E-state index is 12.0. The largest absolute Gasteiger partial charge is 0.486 e. The van der Waals surface area contributed by atoms with E-state index in [1.54, 1.807) is 6.07 Å². The average Bonchev–Trinajstić information content (AvgIpc) is 2.61. The molecule has 6 nitrogen and oxygen atoms in total. The van der Waals surface area contributed by atoms with E-state index in [-0.39, 0.29) is 18.3 Å². The van der Waals surface area contributed by atoms with E-state index in [4.69, 9.17) is 15.2 Å². The van der Waals surface area contributed by atoms with Crippen molar-refractivity contribution >= 4 is 24.1 Å². The molecule has 0 saturated heterocycles. The van der Waals surface area contributed by atoms with Gasteiger partial charge in [0.1, 0.15) is 19.0 Å². The van der Waals surface area contributed by atoms with Crippen LogP contribution in [0.1, 0.15) is 19.8 Å². The van der Waals surface area contributed by atoms with Crippen molar-refractivity contribution < 1.29 is 14.3 Å². The summed E-state index contributed by atoms with van der Waals surface area (Å²) < 4.78 is 11.1. The van der Waals surface area contributed by atoms with Gasteiger partial charge in [0, 0.05) is 5.56 Å². The number of anilines is 1. The second-order valence-corrected chi connectivity index (χ2v) is 5.65. The number of nitrogens with one attached hydrogen (secondary N) is 1. The second-order valence-electron chi connectivity index (χ2n) is 5.65. The first kappa shape index (κ1) is 19.0. The first-order chi connectivity index (χ1) is 11.7. The van der Waals surface area contributed by atoms with Gasteiger partial charge in [0.2, 0.25) is 5.91 Å². The molecule has 0 radical (unpaired) electrons. The van der Waals surface area contributed by atoms with E-state index >= 15 is 0 Å². The molecule has 1 aromatic heterocycles. The van der Waals surface area contributed by atoms with E-state index in [2.05, 4.69) is 10.3 Å². The predicted octanol–water partition coefficient (Wildman–Crippen LogP) is 3.01. The molecule has 0 saturated carbocycles. The monoisotopic (exact) mass is 363 g/mol. The fourth-order valence-corrected chi connectivity index (χ4v) is 2.53. The van der Waals surface area contributed by atoms with Crippen LogP contribution in [0.25, 0.3) is 11.3 Å². The van der Waals surface area contributed by atoms with Gasteiger partial charge in [-0.2, -0.15) is 0 Å². The molecule has 2 heterocycles. The van der Waals surface area contributed by atoms with Gasteiger partial charge in [0.15, 0.2) is 11.5 Å². The number of amides is 1. The molecule has 1 atom stereocenters. The molecular formula is C18H22ClN3O3. The topological polar surface area (TPSA) is 86.5 Å². The number of nitrogens with two attached hydrogens (primary N) is 1. The fourth-order valence-electron chi connectivity index (χ4n) is 2.53. The van der Waals surface area contributed by atoms with E-state index in [1.165, 1.54) is 0 Å². The third-order valence-corrected chi connectivity index (χ3v) is 3.77. The highest BCUT2D eigenvalue weighted by molar-refractivity contribution is 5.94. The van der Waals surface area contributed by atoms with Gasteiger partial charge in [-0.1, -0.05) is 19.4 Å². The van der Waals surface area contributed by atoms with Gasteiger partial charge >= 0.3 is 0 Å². The van der Waals surface area contributed by atoms with Crippen LogP contribution in [-0.2, 0) is 4.79 Å². The lowest BCUT2D eigenvalue weighted by molar-refractivity contribution is -0.117. The number of pyridine rings is 1. The Morgan fingerprint density at radius 1 is 1.24 bits per heavy atom. The number of aromatic nitrogens is 1. The van der Waals surface area contributed by atoms with E-state index < -0.39 is 6.04 Å². The highest BCUT2D eigenvalue weighted by Gasteiger charge is 2.15. The van der Waals surface area contributed by atoms with Crippen LogP contribution in [0.15, 0.2) is 36.4 Å². The third kappa shape index (κ3) is 4.61. The van der Waals surface area contributed by atoms with Gasteiger partial charge < -0.3 is 20.5 Å². The molecule has 0 fully saturated rings. The lowest BCUT2D eigenvalue weighted by atomic mass is 10.1. The summed E-state index contributed by atoms with van der Waals surface area (Å²) in [6.45, 7) is 3.09. The number of carbonyl (C=O) groups is 1. The van der Waals surface area contributed by atoms with Crippen molar-refractivity contribution in [1.82, 2.24) is 4.98 Å². The van der Waals surface area contributed by atoms with Crippen molar-refractivity contribution in [3.63, 3.8) is 0 Å². The van der Waals surface area contributed by atoms with Crippen LogP contribution in [0.3, 0.4) is 0 Å². The van der Waals surface area contributed by atoms with Crippen molar-refractivity contribution in [3.8, 4) is 22.8 Å². The zero-order chi connectivity index (χ0) is 16.9. The van der Waals surface area contributed by atoms with Crippen LogP contribution >= 0.6 is 12.4 Å². The molecular weight excluding hydrogens is 342 g/mol.